The van der Waals surface area contributed by atoms with E-state index in [1.165, 1.54) is 6.20 Å². The highest BCUT2D eigenvalue weighted by molar-refractivity contribution is 5.97. The molecule has 0 aliphatic rings. The number of aliphatic carboxylic acids is 3. The second kappa shape index (κ2) is 24.1. The van der Waals surface area contributed by atoms with E-state index in [9.17, 15) is 58.2 Å². The van der Waals surface area contributed by atoms with Crippen LogP contribution in [0.3, 0.4) is 0 Å². The van der Waals surface area contributed by atoms with Crippen LogP contribution in [0.4, 0.5) is 4.79 Å². The van der Waals surface area contributed by atoms with E-state index in [0.717, 1.165) is 0 Å². The van der Waals surface area contributed by atoms with E-state index >= 15 is 0 Å². The molecular formula is C31H50N12O13. The first kappa shape index (κ1) is 47.6. The number of primary amides is 2. The fourth-order valence-electron chi connectivity index (χ4n) is 4.94. The largest absolute Gasteiger partial charge is 0.481 e. The summed E-state index contributed by atoms with van der Waals surface area (Å²) in [7, 11) is 0. The van der Waals surface area contributed by atoms with Gasteiger partial charge in [0.15, 0.2) is 0 Å². The normalized spacial score (nSPS) is 14.6. The van der Waals surface area contributed by atoms with Crippen molar-refractivity contribution in [2.75, 3.05) is 6.54 Å². The van der Waals surface area contributed by atoms with E-state index in [-0.39, 0.29) is 32.2 Å². The van der Waals surface area contributed by atoms with Crippen molar-refractivity contribution >= 4 is 59.4 Å². The van der Waals surface area contributed by atoms with Crippen molar-refractivity contribution in [2.24, 2.45) is 23.1 Å². The molecule has 0 spiro atoms. The summed E-state index contributed by atoms with van der Waals surface area (Å²) in [4.78, 5) is 124. The summed E-state index contributed by atoms with van der Waals surface area (Å²) in [6.07, 6.45) is -1.84. The molecular weight excluding hydrogens is 748 g/mol. The van der Waals surface area contributed by atoms with Crippen LogP contribution in [0.5, 0.6) is 0 Å². The van der Waals surface area contributed by atoms with E-state index in [4.69, 9.17) is 22.3 Å². The molecule has 4 unspecified atom stereocenters. The van der Waals surface area contributed by atoms with E-state index < -0.39 is 134 Å². The minimum atomic E-state index is -1.67. The first-order chi connectivity index (χ1) is 26.2. The fraction of sp³-hybridized carbons (Fsp3) is 0.613. The van der Waals surface area contributed by atoms with Crippen LogP contribution in [0.2, 0.25) is 0 Å². The Morgan fingerprint density at radius 3 is 1.68 bits per heavy atom. The van der Waals surface area contributed by atoms with Crippen LogP contribution in [-0.2, 0) is 49.6 Å². The van der Waals surface area contributed by atoms with Gasteiger partial charge in [-0.3, -0.25) is 43.2 Å². The van der Waals surface area contributed by atoms with E-state index in [1.54, 1.807) is 13.8 Å². The fourth-order valence-corrected chi connectivity index (χ4v) is 4.94. The lowest BCUT2D eigenvalue weighted by Gasteiger charge is -2.29. The summed E-state index contributed by atoms with van der Waals surface area (Å²) in [6.45, 7) is 3.16. The number of amides is 8. The first-order valence-electron chi connectivity index (χ1n) is 17.4. The van der Waals surface area contributed by atoms with Crippen molar-refractivity contribution in [3.8, 4) is 0 Å². The molecule has 8 amide bonds. The van der Waals surface area contributed by atoms with Gasteiger partial charge < -0.3 is 64.4 Å². The van der Waals surface area contributed by atoms with Crippen molar-refractivity contribution < 1.29 is 63.3 Å². The van der Waals surface area contributed by atoms with Crippen LogP contribution in [0.25, 0.3) is 0 Å². The molecule has 0 radical (unpaired) electrons. The van der Waals surface area contributed by atoms with Crippen molar-refractivity contribution in [1.29, 1.82) is 0 Å². The lowest BCUT2D eigenvalue weighted by molar-refractivity contribution is -0.141. The maximum absolute atomic E-state index is 13.7. The zero-order chi connectivity index (χ0) is 42.5. The molecule has 16 N–H and O–H groups in total. The number of aromatic nitrogens is 3. The highest BCUT2D eigenvalue weighted by Gasteiger charge is 2.35. The van der Waals surface area contributed by atoms with Gasteiger partial charge in [0.05, 0.1) is 24.4 Å². The van der Waals surface area contributed by atoms with Crippen LogP contribution in [0, 0.1) is 5.92 Å². The number of nitrogens with two attached hydrogens (primary N) is 3. The van der Waals surface area contributed by atoms with Gasteiger partial charge in [-0.1, -0.05) is 20.3 Å². The molecule has 0 aromatic carbocycles. The summed E-state index contributed by atoms with van der Waals surface area (Å²) in [5.74, 6) is -11.0. The van der Waals surface area contributed by atoms with E-state index in [2.05, 4.69) is 47.3 Å². The highest BCUT2D eigenvalue weighted by atomic mass is 16.4. The molecule has 0 fully saturated rings. The van der Waals surface area contributed by atoms with Crippen LogP contribution in [0.15, 0.2) is 6.20 Å². The van der Waals surface area contributed by atoms with Gasteiger partial charge in [0.2, 0.25) is 35.4 Å². The van der Waals surface area contributed by atoms with Crippen LogP contribution in [-0.4, -0.2) is 133 Å². The third kappa shape index (κ3) is 18.1. The SMILES string of the molecule is CCC(C)[C@@H](NC(=O)C(CCC(=O)O)NC(=O)[C@@H](CCC(=O)O)NC(=O)C(N)Cc1cn[nH]n1)C(=O)NC(CCCNC(N)=O)C(=O)N[C@H](CC(=O)O)C(N)=O. The second-order valence-corrected chi connectivity index (χ2v) is 12.7. The van der Waals surface area contributed by atoms with E-state index in [1.807, 2.05) is 0 Å². The number of rotatable bonds is 27. The van der Waals surface area contributed by atoms with Crippen LogP contribution < -0.4 is 49.1 Å². The monoisotopic (exact) mass is 798 g/mol. The third-order valence-electron chi connectivity index (χ3n) is 8.22. The smallest absolute Gasteiger partial charge is 0.312 e. The molecule has 7 atom stereocenters. The zero-order valence-corrected chi connectivity index (χ0v) is 30.7. The molecule has 1 heterocycles. The van der Waals surface area contributed by atoms with Gasteiger partial charge in [-0.05, 0) is 31.6 Å². The van der Waals surface area contributed by atoms with E-state index in [0.29, 0.717) is 5.69 Å². The number of carbonyl (C=O) groups excluding carboxylic acids is 7. The summed E-state index contributed by atoms with van der Waals surface area (Å²) < 4.78 is 0. The average molecular weight is 799 g/mol. The van der Waals surface area contributed by atoms with Gasteiger partial charge in [-0.15, -0.1) is 0 Å². The maximum Gasteiger partial charge on any atom is 0.312 e. The molecule has 25 nitrogen and oxygen atoms in total. The molecule has 0 aliphatic heterocycles. The molecule has 1 rings (SSSR count). The standard InChI is InChI=1S/C31H50N12O13/c1-3-14(2)24(30(55)39-17(5-4-10-35-31(34)56)27(52)40-20(25(33)50)12-23(48)49)41-29(54)19(7-9-22(46)47)38-28(53)18(6-8-21(44)45)37-26(51)16(32)11-15-13-36-43-42-15/h13-14,16-20,24H,3-12,32H2,1-2H3,(H2,33,50)(H,37,51)(H,38,53)(H,39,55)(H,40,52)(H,41,54)(H,44,45)(H,46,47)(H,48,49)(H3,34,35,56)(H,36,42,43)/t14?,16?,17?,18-,19?,20-,24-/m1/s1. The quantitative estimate of drug-likeness (QED) is 0.0372. The Morgan fingerprint density at radius 1 is 0.714 bits per heavy atom. The molecule has 0 saturated carbocycles. The Hall–Kier alpha value is -6.40. The number of H-pyrrole nitrogens is 1. The molecule has 312 valence electrons. The van der Waals surface area contributed by atoms with Gasteiger partial charge in [0.25, 0.3) is 0 Å². The summed E-state index contributed by atoms with van der Waals surface area (Å²) in [5.41, 5.74) is 16.5. The Morgan fingerprint density at radius 2 is 1.21 bits per heavy atom. The number of carboxylic acids is 3. The second-order valence-electron chi connectivity index (χ2n) is 12.7. The lowest BCUT2D eigenvalue weighted by Crippen LogP contribution is -2.60. The van der Waals surface area contributed by atoms with Crippen LogP contribution in [0.1, 0.15) is 70.9 Å². The number of hydrogen-bond donors (Lipinski definition) is 13. The van der Waals surface area contributed by atoms with Gasteiger partial charge >= 0.3 is 23.9 Å². The number of hydrogen-bond acceptors (Lipinski definition) is 13. The Labute approximate surface area is 319 Å². The molecule has 25 heteroatoms. The Kier molecular flexibility index (Phi) is 20.5. The molecule has 1 aromatic rings. The molecule has 0 saturated heterocycles. The Balaban J connectivity index is 3.33. The average Bonchev–Trinajstić information content (AvgIpc) is 3.63. The molecule has 1 aromatic heterocycles. The predicted octanol–water partition coefficient (Wildman–Crippen LogP) is -4.72. The molecule has 56 heavy (non-hydrogen) atoms. The third-order valence-corrected chi connectivity index (χ3v) is 8.22. The minimum Gasteiger partial charge on any atom is -0.481 e. The number of aromatic amines is 1. The van der Waals surface area contributed by atoms with Crippen molar-refractivity contribution in [1.82, 2.24) is 47.3 Å². The van der Waals surface area contributed by atoms with Crippen molar-refractivity contribution in [3.05, 3.63) is 11.9 Å². The van der Waals surface area contributed by atoms with Gasteiger partial charge in [0.1, 0.15) is 30.2 Å². The highest BCUT2D eigenvalue weighted by Crippen LogP contribution is 2.12. The lowest BCUT2D eigenvalue weighted by atomic mass is 9.96. The minimum absolute atomic E-state index is 0.0375. The van der Waals surface area contributed by atoms with Crippen molar-refractivity contribution in [3.63, 3.8) is 0 Å². The molecule has 0 aliphatic carbocycles. The topological polar surface area (TPSA) is 423 Å². The van der Waals surface area contributed by atoms with Gasteiger partial charge in [-0.2, -0.15) is 15.4 Å². The predicted molar refractivity (Wildman–Crippen MR) is 189 cm³/mol. The Bertz CT molecular complexity index is 1560. The number of urea groups is 1. The van der Waals surface area contributed by atoms with Crippen LogP contribution >= 0.6 is 0 Å². The first-order valence-corrected chi connectivity index (χ1v) is 17.4. The number of carbonyl (C=O) groups is 10. The number of nitrogens with zero attached hydrogens (tertiary/aromatic N) is 2. The van der Waals surface area contributed by atoms with Gasteiger partial charge in [0, 0.05) is 25.8 Å². The summed E-state index contributed by atoms with van der Waals surface area (Å²) >= 11 is 0. The van der Waals surface area contributed by atoms with Gasteiger partial charge in [-0.25, -0.2) is 4.79 Å². The summed E-state index contributed by atoms with van der Waals surface area (Å²) in [6, 6.07) is -9.95. The maximum atomic E-state index is 13.7. The number of carboxylic acid groups (broad SMARTS) is 3. The summed E-state index contributed by atoms with van der Waals surface area (Å²) in [5, 5.41) is 51.4. The van der Waals surface area contributed by atoms with Crippen molar-refractivity contribution in [2.45, 2.75) is 108 Å². The zero-order valence-electron chi connectivity index (χ0n) is 30.7. The molecule has 0 bridgehead atoms. The number of nitrogens with one attached hydrogen (secondary N) is 7.